The highest BCUT2D eigenvalue weighted by Gasteiger charge is 2.04. The maximum absolute atomic E-state index is 5.79. The van der Waals surface area contributed by atoms with Gasteiger partial charge in [0, 0.05) is 17.6 Å². The van der Waals surface area contributed by atoms with Gasteiger partial charge in [0.2, 0.25) is 0 Å². The molecule has 0 aliphatic carbocycles. The SMILES string of the molecule is ClCCCCCCCCc1cc(CCCCCCCCCl)cc(CCCCCCCCCl)c1. The molecule has 0 amide bonds. The second kappa shape index (κ2) is 23.8. The Kier molecular flexibility index (Phi) is 22.5. The minimum atomic E-state index is 0.816. The molecule has 0 heterocycles. The molecule has 0 saturated carbocycles. The fraction of sp³-hybridized carbons (Fsp3) is 0.800. The summed E-state index contributed by atoms with van der Waals surface area (Å²) in [6, 6.07) is 7.53. The average Bonchev–Trinajstić information content (AvgIpc) is 2.82. The molecule has 0 N–H and O–H groups in total. The molecule has 0 unspecified atom stereocenters. The lowest BCUT2D eigenvalue weighted by molar-refractivity contribution is 0.603. The molecule has 0 nitrogen and oxygen atoms in total. The van der Waals surface area contributed by atoms with Crippen LogP contribution in [0, 0.1) is 0 Å². The fourth-order valence-electron chi connectivity index (χ4n) is 4.66. The standard InChI is InChI=1S/C30H51Cl3/c31-22-16-10-4-1-7-13-19-28-25-29(20-14-8-2-5-11-17-23-32)27-30(26-28)21-15-9-3-6-12-18-24-33/h25-27H,1-24H2. The summed E-state index contributed by atoms with van der Waals surface area (Å²) in [5, 5.41) is 0. The van der Waals surface area contributed by atoms with E-state index in [9.17, 15) is 0 Å². The van der Waals surface area contributed by atoms with Crippen molar-refractivity contribution >= 4 is 34.8 Å². The predicted molar refractivity (Wildman–Crippen MR) is 153 cm³/mol. The van der Waals surface area contributed by atoms with E-state index in [1.54, 1.807) is 16.7 Å². The van der Waals surface area contributed by atoms with E-state index < -0.39 is 0 Å². The van der Waals surface area contributed by atoms with Crippen molar-refractivity contribution in [2.24, 2.45) is 0 Å². The van der Waals surface area contributed by atoms with E-state index in [4.69, 9.17) is 34.8 Å². The first-order valence-electron chi connectivity index (χ1n) is 14.1. The Morgan fingerprint density at radius 2 is 0.515 bits per heavy atom. The smallest absolute Gasteiger partial charge is 0.0223 e. The van der Waals surface area contributed by atoms with Crippen molar-refractivity contribution in [2.45, 2.75) is 135 Å². The highest BCUT2D eigenvalue weighted by atomic mass is 35.5. The van der Waals surface area contributed by atoms with E-state index in [1.165, 1.54) is 135 Å². The summed E-state index contributed by atoms with van der Waals surface area (Å²) in [6.45, 7) is 0. The summed E-state index contributed by atoms with van der Waals surface area (Å²) in [4.78, 5) is 0. The van der Waals surface area contributed by atoms with Gasteiger partial charge in [0.05, 0.1) is 0 Å². The Hall–Kier alpha value is 0.0900. The summed E-state index contributed by atoms with van der Waals surface area (Å²) in [5.74, 6) is 2.45. The van der Waals surface area contributed by atoms with Crippen molar-refractivity contribution in [3.8, 4) is 0 Å². The van der Waals surface area contributed by atoms with E-state index in [2.05, 4.69) is 18.2 Å². The fourth-order valence-corrected chi connectivity index (χ4v) is 5.23. The summed E-state index contributed by atoms with van der Waals surface area (Å²) >= 11 is 17.4. The molecule has 192 valence electrons. The van der Waals surface area contributed by atoms with Gasteiger partial charge in [0.1, 0.15) is 0 Å². The highest BCUT2D eigenvalue weighted by Crippen LogP contribution is 2.19. The quantitative estimate of drug-likeness (QED) is 0.0944. The lowest BCUT2D eigenvalue weighted by Gasteiger charge is -2.11. The molecular weight excluding hydrogens is 467 g/mol. The number of benzene rings is 1. The molecule has 0 aliphatic heterocycles. The van der Waals surface area contributed by atoms with E-state index in [-0.39, 0.29) is 0 Å². The zero-order chi connectivity index (χ0) is 23.8. The van der Waals surface area contributed by atoms with Crippen molar-refractivity contribution in [3.05, 3.63) is 34.9 Å². The first-order chi connectivity index (χ1) is 16.3. The molecule has 1 aromatic rings. The largest absolute Gasteiger partial charge is 0.127 e. The number of hydrogen-bond donors (Lipinski definition) is 0. The minimum absolute atomic E-state index is 0.816. The summed E-state index contributed by atoms with van der Waals surface area (Å²) < 4.78 is 0. The van der Waals surface area contributed by atoms with Crippen LogP contribution >= 0.6 is 34.8 Å². The van der Waals surface area contributed by atoms with E-state index >= 15 is 0 Å². The van der Waals surface area contributed by atoms with Gasteiger partial charge in [-0.1, -0.05) is 95.2 Å². The summed E-state index contributed by atoms with van der Waals surface area (Å²) in [5.41, 5.74) is 4.73. The van der Waals surface area contributed by atoms with Crippen molar-refractivity contribution in [2.75, 3.05) is 17.6 Å². The molecular formula is C30H51Cl3. The zero-order valence-corrected chi connectivity index (χ0v) is 23.6. The van der Waals surface area contributed by atoms with Gasteiger partial charge < -0.3 is 0 Å². The van der Waals surface area contributed by atoms with E-state index in [0.29, 0.717) is 0 Å². The molecule has 1 rings (SSSR count). The van der Waals surface area contributed by atoms with Gasteiger partial charge in [-0.25, -0.2) is 0 Å². The summed E-state index contributed by atoms with van der Waals surface area (Å²) in [7, 11) is 0. The Labute approximate surface area is 221 Å². The Balaban J connectivity index is 2.44. The molecule has 3 heteroatoms. The molecule has 33 heavy (non-hydrogen) atoms. The van der Waals surface area contributed by atoms with Crippen LogP contribution < -0.4 is 0 Å². The Bertz CT molecular complexity index is 455. The van der Waals surface area contributed by atoms with Gasteiger partial charge in [-0.05, 0) is 74.5 Å². The second-order valence-corrected chi connectivity index (χ2v) is 11.0. The number of rotatable bonds is 24. The predicted octanol–water partition coefficient (Wildman–Crippen LogP) is 11.1. The maximum Gasteiger partial charge on any atom is 0.0223 e. The van der Waals surface area contributed by atoms with Crippen LogP contribution in [0.3, 0.4) is 0 Å². The van der Waals surface area contributed by atoms with Crippen LogP contribution in [-0.2, 0) is 19.3 Å². The lowest BCUT2D eigenvalue weighted by Crippen LogP contribution is -1.96. The van der Waals surface area contributed by atoms with Crippen LogP contribution in [0.2, 0.25) is 0 Å². The third kappa shape index (κ3) is 19.0. The van der Waals surface area contributed by atoms with E-state index in [1.807, 2.05) is 0 Å². The number of hydrogen-bond acceptors (Lipinski definition) is 0. The van der Waals surface area contributed by atoms with Crippen molar-refractivity contribution in [1.29, 1.82) is 0 Å². The second-order valence-electron chi connectivity index (χ2n) is 9.84. The third-order valence-corrected chi connectivity index (χ3v) is 7.46. The molecule has 0 atom stereocenters. The van der Waals surface area contributed by atoms with Crippen LogP contribution in [0.1, 0.15) is 132 Å². The molecule has 0 fully saturated rings. The molecule has 0 aliphatic rings. The Morgan fingerprint density at radius 3 is 0.758 bits per heavy atom. The van der Waals surface area contributed by atoms with Crippen molar-refractivity contribution in [3.63, 3.8) is 0 Å². The normalized spacial score (nSPS) is 11.4. The first-order valence-corrected chi connectivity index (χ1v) is 15.7. The summed E-state index contributed by atoms with van der Waals surface area (Å²) in [6.07, 6.45) is 27.3. The van der Waals surface area contributed by atoms with Gasteiger partial charge >= 0.3 is 0 Å². The number of aryl methyl sites for hydroxylation is 3. The zero-order valence-electron chi connectivity index (χ0n) is 21.3. The van der Waals surface area contributed by atoms with Crippen LogP contribution in [-0.4, -0.2) is 17.6 Å². The maximum atomic E-state index is 5.79. The van der Waals surface area contributed by atoms with E-state index in [0.717, 1.165) is 17.6 Å². The molecule has 0 bridgehead atoms. The van der Waals surface area contributed by atoms with Crippen molar-refractivity contribution < 1.29 is 0 Å². The monoisotopic (exact) mass is 516 g/mol. The molecule has 0 spiro atoms. The van der Waals surface area contributed by atoms with Crippen LogP contribution in [0.4, 0.5) is 0 Å². The molecule has 0 radical (unpaired) electrons. The van der Waals surface area contributed by atoms with Crippen molar-refractivity contribution in [1.82, 2.24) is 0 Å². The number of halogens is 3. The number of unbranched alkanes of at least 4 members (excludes halogenated alkanes) is 15. The molecule has 0 saturated heterocycles. The van der Waals surface area contributed by atoms with Gasteiger partial charge in [-0.15, -0.1) is 34.8 Å². The topological polar surface area (TPSA) is 0 Å². The Morgan fingerprint density at radius 1 is 0.303 bits per heavy atom. The number of alkyl halides is 3. The van der Waals surface area contributed by atoms with Crippen LogP contribution in [0.15, 0.2) is 18.2 Å². The van der Waals surface area contributed by atoms with Gasteiger partial charge in [-0.3, -0.25) is 0 Å². The van der Waals surface area contributed by atoms with Gasteiger partial charge in [0.25, 0.3) is 0 Å². The van der Waals surface area contributed by atoms with Gasteiger partial charge in [0.15, 0.2) is 0 Å². The van der Waals surface area contributed by atoms with Gasteiger partial charge in [-0.2, -0.15) is 0 Å². The van der Waals surface area contributed by atoms with Crippen LogP contribution in [0.25, 0.3) is 0 Å². The molecule has 1 aromatic carbocycles. The van der Waals surface area contributed by atoms with Crippen LogP contribution in [0.5, 0.6) is 0 Å². The first kappa shape index (κ1) is 31.1. The molecule has 0 aromatic heterocycles. The average molecular weight is 518 g/mol. The highest BCUT2D eigenvalue weighted by molar-refractivity contribution is 6.18. The lowest BCUT2D eigenvalue weighted by atomic mass is 9.95. The third-order valence-electron chi connectivity index (χ3n) is 6.66. The minimum Gasteiger partial charge on any atom is -0.127 e.